The number of hydrogen-bond acceptors (Lipinski definition) is 10. The molecule has 5 heterocycles. The van der Waals surface area contributed by atoms with E-state index < -0.39 is 11.4 Å². The molecule has 0 aliphatic carbocycles. The highest BCUT2D eigenvalue weighted by molar-refractivity contribution is 7.08. The van der Waals surface area contributed by atoms with E-state index in [1.165, 1.54) is 17.1 Å². The molecule has 0 bridgehead atoms. The summed E-state index contributed by atoms with van der Waals surface area (Å²) in [5, 5.41) is 10.1. The van der Waals surface area contributed by atoms with Crippen molar-refractivity contribution < 1.29 is 19.4 Å². The van der Waals surface area contributed by atoms with Crippen molar-refractivity contribution in [2.24, 2.45) is 5.92 Å². The summed E-state index contributed by atoms with van der Waals surface area (Å²) < 4.78 is 10.9. The zero-order valence-electron chi connectivity index (χ0n) is 19.5. The average molecular weight is 507 g/mol. The van der Waals surface area contributed by atoms with Crippen LogP contribution in [0.2, 0.25) is 0 Å². The second-order valence-corrected chi connectivity index (χ2v) is 9.19. The van der Waals surface area contributed by atoms with Gasteiger partial charge in [-0.2, -0.15) is 4.37 Å². The van der Waals surface area contributed by atoms with Crippen molar-refractivity contribution in [3.8, 4) is 10.9 Å². The molecule has 1 saturated heterocycles. The number of carbonyl (C=O) groups is 2. The highest BCUT2D eigenvalue weighted by atomic mass is 32.1. The highest BCUT2D eigenvalue weighted by Gasteiger charge is 2.34. The zero-order chi connectivity index (χ0) is 25.4. The van der Waals surface area contributed by atoms with Gasteiger partial charge in [0, 0.05) is 42.9 Å². The standard InChI is InChI=1S/C24H22N6O5S/c1-3-35-16-5-4-15(25-8-16)7-18(31)14-9-29(10-14)19-6-13(2)20-21(32)17(23(33)34)11-30(22(20)28-19)24-26-12-27-36-24/h4-6,8,11-12,14H,3,7,9-10H2,1-2H3,(H,33,34). The van der Waals surface area contributed by atoms with Crippen LogP contribution in [0, 0.1) is 12.8 Å². The summed E-state index contributed by atoms with van der Waals surface area (Å²) in [4.78, 5) is 52.5. The second kappa shape index (κ2) is 9.46. The Hall–Kier alpha value is -4.19. The third-order valence-electron chi connectivity index (χ3n) is 6.05. The number of carboxylic acids is 1. The number of hydrogen-bond donors (Lipinski definition) is 1. The number of pyridine rings is 3. The molecule has 1 fully saturated rings. The molecule has 0 aromatic carbocycles. The van der Waals surface area contributed by atoms with Crippen LogP contribution in [0.3, 0.4) is 0 Å². The van der Waals surface area contributed by atoms with Gasteiger partial charge in [0.2, 0.25) is 10.6 Å². The van der Waals surface area contributed by atoms with Crippen LogP contribution < -0.4 is 15.1 Å². The summed E-state index contributed by atoms with van der Waals surface area (Å²) in [6, 6.07) is 5.35. The first kappa shape index (κ1) is 23.5. The van der Waals surface area contributed by atoms with Gasteiger partial charge in [-0.15, -0.1) is 0 Å². The first-order valence-corrected chi connectivity index (χ1v) is 12.1. The Bertz CT molecular complexity index is 1510. The second-order valence-electron chi connectivity index (χ2n) is 8.43. The number of ketones is 1. The number of rotatable bonds is 8. The molecule has 4 aromatic rings. The number of nitrogens with zero attached hydrogens (tertiary/aromatic N) is 6. The highest BCUT2D eigenvalue weighted by Crippen LogP contribution is 2.29. The van der Waals surface area contributed by atoms with E-state index in [1.807, 2.05) is 11.8 Å². The van der Waals surface area contributed by atoms with E-state index in [0.717, 1.165) is 11.5 Å². The van der Waals surface area contributed by atoms with Gasteiger partial charge in [0.15, 0.2) is 5.65 Å². The molecule has 11 nitrogen and oxygen atoms in total. The number of ether oxygens (including phenoxy) is 1. The third kappa shape index (κ3) is 4.31. The molecule has 184 valence electrons. The minimum atomic E-state index is -1.32. The van der Waals surface area contributed by atoms with Crippen molar-refractivity contribution in [2.75, 3.05) is 24.6 Å². The summed E-state index contributed by atoms with van der Waals surface area (Å²) in [7, 11) is 0. The maximum Gasteiger partial charge on any atom is 0.341 e. The fourth-order valence-corrected chi connectivity index (χ4v) is 4.68. The lowest BCUT2D eigenvalue weighted by molar-refractivity contribution is -0.123. The topological polar surface area (TPSA) is 140 Å². The number of carboxylic acid groups (broad SMARTS) is 1. The molecule has 4 aromatic heterocycles. The maximum atomic E-state index is 12.9. The Morgan fingerprint density at radius 1 is 1.25 bits per heavy atom. The summed E-state index contributed by atoms with van der Waals surface area (Å²) in [6.45, 7) is 5.17. The molecule has 1 N–H and O–H groups in total. The summed E-state index contributed by atoms with van der Waals surface area (Å²) in [5.74, 6) is -0.115. The lowest BCUT2D eigenvalue weighted by Gasteiger charge is -2.39. The van der Waals surface area contributed by atoms with Crippen molar-refractivity contribution in [3.63, 3.8) is 0 Å². The molecule has 1 aliphatic rings. The lowest BCUT2D eigenvalue weighted by atomic mass is 9.92. The minimum Gasteiger partial charge on any atom is -0.492 e. The molecule has 0 radical (unpaired) electrons. The monoisotopic (exact) mass is 506 g/mol. The van der Waals surface area contributed by atoms with Crippen molar-refractivity contribution in [1.29, 1.82) is 0 Å². The Balaban J connectivity index is 1.39. The minimum absolute atomic E-state index is 0.0947. The van der Waals surface area contributed by atoms with Crippen LogP contribution in [0.15, 0.2) is 41.7 Å². The Morgan fingerprint density at radius 3 is 2.69 bits per heavy atom. The van der Waals surface area contributed by atoms with Crippen molar-refractivity contribution in [3.05, 3.63) is 64.0 Å². The number of anilines is 1. The molecule has 36 heavy (non-hydrogen) atoms. The molecular weight excluding hydrogens is 484 g/mol. The van der Waals surface area contributed by atoms with E-state index >= 15 is 0 Å². The van der Waals surface area contributed by atoms with Crippen molar-refractivity contribution >= 4 is 40.1 Å². The maximum absolute atomic E-state index is 12.9. The molecular formula is C24H22N6O5S. The van der Waals surface area contributed by atoms with E-state index in [4.69, 9.17) is 4.74 Å². The van der Waals surface area contributed by atoms with Crippen LogP contribution in [0.5, 0.6) is 5.75 Å². The third-order valence-corrected chi connectivity index (χ3v) is 6.72. The number of aromatic nitrogens is 5. The van der Waals surface area contributed by atoms with Crippen LogP contribution in [0.4, 0.5) is 5.82 Å². The number of fused-ring (bicyclic) bond motifs is 1. The van der Waals surface area contributed by atoms with Crippen LogP contribution in [-0.2, 0) is 11.2 Å². The summed E-state index contributed by atoms with van der Waals surface area (Å²) in [6.07, 6.45) is 4.44. The first-order valence-electron chi connectivity index (χ1n) is 11.3. The molecule has 0 amide bonds. The van der Waals surface area contributed by atoms with Crippen molar-refractivity contribution in [1.82, 2.24) is 23.9 Å². The Labute approximate surface area is 209 Å². The van der Waals surface area contributed by atoms with E-state index in [9.17, 15) is 19.5 Å². The lowest BCUT2D eigenvalue weighted by Crippen LogP contribution is -2.51. The van der Waals surface area contributed by atoms with Gasteiger partial charge in [-0.1, -0.05) is 0 Å². The molecule has 0 saturated carbocycles. The Morgan fingerprint density at radius 2 is 2.06 bits per heavy atom. The average Bonchev–Trinajstić information content (AvgIpc) is 3.34. The summed E-state index contributed by atoms with van der Waals surface area (Å²) >= 11 is 1.06. The Kier molecular flexibility index (Phi) is 6.18. The molecule has 0 unspecified atom stereocenters. The molecule has 5 rings (SSSR count). The number of aryl methyl sites for hydroxylation is 1. The van der Waals surface area contributed by atoms with Gasteiger partial charge in [-0.05, 0) is 37.6 Å². The van der Waals surface area contributed by atoms with Crippen LogP contribution >= 0.6 is 11.5 Å². The van der Waals surface area contributed by atoms with E-state index in [-0.39, 0.29) is 29.1 Å². The van der Waals surface area contributed by atoms with Crippen LogP contribution in [0.25, 0.3) is 16.2 Å². The van der Waals surface area contributed by atoms with E-state index in [0.29, 0.717) is 53.3 Å². The fraction of sp³-hybridized carbons (Fsp3) is 0.292. The molecule has 1 aliphatic heterocycles. The van der Waals surface area contributed by atoms with E-state index in [2.05, 4.69) is 19.3 Å². The number of carbonyl (C=O) groups excluding carboxylic acids is 1. The van der Waals surface area contributed by atoms with Crippen LogP contribution in [-0.4, -0.2) is 60.4 Å². The fourth-order valence-electron chi connectivity index (χ4n) is 4.17. The number of Topliss-reactive ketones (excluding diaryl/α,β-unsaturated/α-hetero) is 1. The SMILES string of the molecule is CCOc1ccc(CC(=O)C2CN(c3cc(C)c4c(=O)c(C(=O)O)cn(-c5ncns5)c4n3)C2)nc1. The van der Waals surface area contributed by atoms with Gasteiger partial charge in [-0.3, -0.25) is 19.1 Å². The molecule has 12 heteroatoms. The molecule has 0 spiro atoms. The predicted molar refractivity (Wildman–Crippen MR) is 132 cm³/mol. The molecule has 0 atom stereocenters. The normalized spacial score (nSPS) is 13.6. The zero-order valence-corrected chi connectivity index (χ0v) is 20.4. The van der Waals surface area contributed by atoms with Crippen LogP contribution in [0.1, 0.15) is 28.5 Å². The number of aromatic carboxylic acids is 1. The first-order chi connectivity index (χ1) is 17.4. The van der Waals surface area contributed by atoms with Gasteiger partial charge in [0.25, 0.3) is 0 Å². The van der Waals surface area contributed by atoms with Gasteiger partial charge in [0.05, 0.1) is 24.1 Å². The smallest absolute Gasteiger partial charge is 0.341 e. The van der Waals surface area contributed by atoms with E-state index in [1.54, 1.807) is 31.3 Å². The summed E-state index contributed by atoms with van der Waals surface area (Å²) in [5.41, 5.74) is 0.610. The van der Waals surface area contributed by atoms with Gasteiger partial charge in [-0.25, -0.2) is 14.8 Å². The van der Waals surface area contributed by atoms with Gasteiger partial charge < -0.3 is 14.7 Å². The van der Waals surface area contributed by atoms with Gasteiger partial charge >= 0.3 is 5.97 Å². The quantitative estimate of drug-likeness (QED) is 0.378. The largest absolute Gasteiger partial charge is 0.492 e. The van der Waals surface area contributed by atoms with Crippen molar-refractivity contribution in [2.45, 2.75) is 20.3 Å². The van der Waals surface area contributed by atoms with Gasteiger partial charge in [0.1, 0.15) is 29.2 Å². The predicted octanol–water partition coefficient (Wildman–Crippen LogP) is 2.29.